The van der Waals surface area contributed by atoms with Gasteiger partial charge in [0, 0.05) is 7.26 Å². The maximum absolute atomic E-state index is 13.4. The number of benzene rings is 1. The van der Waals surface area contributed by atoms with E-state index in [4.69, 9.17) is 0 Å². The van der Waals surface area contributed by atoms with Crippen molar-refractivity contribution in [3.05, 3.63) is 35.4 Å². The van der Waals surface area contributed by atoms with Gasteiger partial charge in [-0.3, -0.25) is 9.59 Å². The highest BCUT2D eigenvalue weighted by atomic mass is 31.2. The first-order valence-electron chi connectivity index (χ1n) is 15.9. The highest BCUT2D eigenvalue weighted by molar-refractivity contribution is 7.75. The maximum Gasteiger partial charge on any atom is 0.264 e. The van der Waals surface area contributed by atoms with E-state index in [2.05, 4.69) is 20.8 Å². The zero-order valence-electron chi connectivity index (χ0n) is 24.6. The van der Waals surface area contributed by atoms with E-state index in [1.165, 1.54) is 134 Å². The third-order valence-electron chi connectivity index (χ3n) is 8.28. The first kappa shape index (κ1) is 32.0. The molecular weight excluding hydrogens is 473 g/mol. The lowest BCUT2D eigenvalue weighted by Crippen LogP contribution is -2.34. The van der Waals surface area contributed by atoms with Gasteiger partial charge in [-0.1, -0.05) is 110 Å². The van der Waals surface area contributed by atoms with E-state index in [1.807, 2.05) is 24.3 Å². The van der Waals surface area contributed by atoms with Gasteiger partial charge in [0.2, 0.25) is 0 Å². The molecule has 1 aliphatic rings. The number of rotatable bonds is 23. The molecule has 210 valence electrons. The minimum Gasteiger partial charge on any atom is -0.268 e. The van der Waals surface area contributed by atoms with Crippen LogP contribution in [0.3, 0.4) is 0 Å². The highest BCUT2D eigenvalue weighted by Crippen LogP contribution is 2.62. The number of carbonyl (C=O) groups excluding carboxylic acids is 2. The molecule has 1 aromatic rings. The number of imide groups is 1. The van der Waals surface area contributed by atoms with E-state index in [-0.39, 0.29) is 11.8 Å². The zero-order valence-corrected chi connectivity index (χ0v) is 25.5. The van der Waals surface area contributed by atoms with Crippen LogP contribution in [0.25, 0.3) is 0 Å². The third kappa shape index (κ3) is 11.2. The predicted octanol–water partition coefficient (Wildman–Crippen LogP) is 10.3. The fourth-order valence-electron chi connectivity index (χ4n) is 5.90. The van der Waals surface area contributed by atoms with Gasteiger partial charge in [0.25, 0.3) is 11.8 Å². The standard InChI is InChI=1S/C33H57NO2P/c1-4-7-10-13-16-21-26-37(27-22-17-14-11-8-5-2,28-23-18-15-12-9-6-3)29-34-32(35)30-24-19-20-25-31(30)33(34)36/h19-20,24-25H,4-18,21-23,26-29H2,1-3H3/q+1. The van der Waals surface area contributed by atoms with Crippen LogP contribution in [-0.2, 0) is 0 Å². The van der Waals surface area contributed by atoms with Crippen molar-refractivity contribution < 1.29 is 9.59 Å². The summed E-state index contributed by atoms with van der Waals surface area (Å²) in [6.45, 7) is 6.83. The minimum atomic E-state index is -1.43. The molecule has 4 heteroatoms. The summed E-state index contributed by atoms with van der Waals surface area (Å²) in [6, 6.07) is 7.45. The second-order valence-electron chi connectivity index (χ2n) is 11.5. The molecule has 0 fully saturated rings. The summed E-state index contributed by atoms with van der Waals surface area (Å²) in [5.74, 6) is -0.0855. The van der Waals surface area contributed by atoms with Crippen LogP contribution >= 0.6 is 7.26 Å². The molecule has 0 spiro atoms. The SMILES string of the molecule is CCCCCCCC[P+](CCCCCCCC)(CCCCCCCC)CN1C(=O)c2ccccc2C1=O. The topological polar surface area (TPSA) is 37.4 Å². The monoisotopic (exact) mass is 530 g/mol. The number of carbonyl (C=O) groups is 2. The van der Waals surface area contributed by atoms with Crippen LogP contribution in [-0.4, -0.2) is 41.5 Å². The van der Waals surface area contributed by atoms with E-state index in [0.717, 1.165) is 6.29 Å². The average Bonchev–Trinajstić information content (AvgIpc) is 3.15. The number of unbranched alkanes of at least 4 members (excludes halogenated alkanes) is 15. The molecule has 37 heavy (non-hydrogen) atoms. The lowest BCUT2D eigenvalue weighted by atomic mass is 10.1. The number of fused-ring (bicyclic) bond motifs is 1. The number of hydrogen-bond donors (Lipinski definition) is 0. The molecule has 0 saturated carbocycles. The Morgan fingerprint density at radius 3 is 1.19 bits per heavy atom. The highest BCUT2D eigenvalue weighted by Gasteiger charge is 2.45. The van der Waals surface area contributed by atoms with Crippen LogP contribution in [0.2, 0.25) is 0 Å². The first-order valence-corrected chi connectivity index (χ1v) is 18.4. The first-order chi connectivity index (χ1) is 18.1. The average molecular weight is 531 g/mol. The maximum atomic E-state index is 13.4. The van der Waals surface area contributed by atoms with Gasteiger partial charge in [0.05, 0.1) is 29.6 Å². The van der Waals surface area contributed by atoms with Gasteiger partial charge in [0.1, 0.15) is 6.29 Å². The van der Waals surface area contributed by atoms with E-state index in [0.29, 0.717) is 11.1 Å². The number of hydrogen-bond acceptors (Lipinski definition) is 2. The molecule has 0 atom stereocenters. The molecule has 3 nitrogen and oxygen atoms in total. The van der Waals surface area contributed by atoms with E-state index in [1.54, 1.807) is 4.90 Å². The molecule has 0 aromatic heterocycles. The van der Waals surface area contributed by atoms with Crippen molar-refractivity contribution in [1.82, 2.24) is 4.90 Å². The Labute approximate surface area is 229 Å². The summed E-state index contributed by atoms with van der Waals surface area (Å²) in [5.41, 5.74) is 1.23. The molecule has 2 rings (SSSR count). The van der Waals surface area contributed by atoms with Crippen molar-refractivity contribution in [2.45, 2.75) is 136 Å². The molecule has 0 bridgehead atoms. The molecular formula is C33H57NO2P+. The van der Waals surface area contributed by atoms with Crippen LogP contribution in [0.15, 0.2) is 24.3 Å². The van der Waals surface area contributed by atoms with E-state index in [9.17, 15) is 9.59 Å². The molecule has 1 heterocycles. The normalized spacial score (nSPS) is 13.5. The second-order valence-corrected chi connectivity index (χ2v) is 15.8. The van der Waals surface area contributed by atoms with Gasteiger partial charge in [-0.25, -0.2) is 4.90 Å². The van der Waals surface area contributed by atoms with Crippen molar-refractivity contribution >= 4 is 19.1 Å². The lowest BCUT2D eigenvalue weighted by molar-refractivity contribution is 0.0681. The van der Waals surface area contributed by atoms with Crippen molar-refractivity contribution in [3.8, 4) is 0 Å². The number of nitrogens with zero attached hydrogens (tertiary/aromatic N) is 1. The molecule has 0 aliphatic carbocycles. The Kier molecular flexibility index (Phi) is 16.4. The lowest BCUT2D eigenvalue weighted by Gasteiger charge is -2.31. The Morgan fingerprint density at radius 1 is 0.514 bits per heavy atom. The zero-order chi connectivity index (χ0) is 26.8. The smallest absolute Gasteiger partial charge is 0.264 e. The van der Waals surface area contributed by atoms with Crippen LogP contribution in [0.4, 0.5) is 0 Å². The molecule has 0 unspecified atom stereocenters. The predicted molar refractivity (Wildman–Crippen MR) is 163 cm³/mol. The quantitative estimate of drug-likeness (QED) is 0.0801. The molecule has 0 saturated heterocycles. The summed E-state index contributed by atoms with van der Waals surface area (Å²) in [6.07, 6.45) is 28.1. The van der Waals surface area contributed by atoms with Gasteiger partial charge in [-0.05, 0) is 50.7 Å². The second kappa shape index (κ2) is 18.9. The largest absolute Gasteiger partial charge is 0.268 e. The van der Waals surface area contributed by atoms with Crippen LogP contribution in [0.5, 0.6) is 0 Å². The molecule has 0 radical (unpaired) electrons. The Morgan fingerprint density at radius 2 is 0.838 bits per heavy atom. The van der Waals surface area contributed by atoms with Crippen LogP contribution in [0, 0.1) is 0 Å². The Bertz CT molecular complexity index is 702. The summed E-state index contributed by atoms with van der Waals surface area (Å²) in [4.78, 5) is 28.4. The Balaban J connectivity index is 2.12. The Hall–Kier alpha value is -1.21. The fraction of sp³-hybridized carbons (Fsp3) is 0.758. The van der Waals surface area contributed by atoms with Gasteiger partial charge in [0.15, 0.2) is 0 Å². The summed E-state index contributed by atoms with van der Waals surface area (Å²) in [7, 11) is -1.43. The van der Waals surface area contributed by atoms with E-state index >= 15 is 0 Å². The van der Waals surface area contributed by atoms with Gasteiger partial charge >= 0.3 is 0 Å². The van der Waals surface area contributed by atoms with Gasteiger partial charge < -0.3 is 0 Å². The third-order valence-corrected chi connectivity index (χ3v) is 13.0. The van der Waals surface area contributed by atoms with Crippen molar-refractivity contribution in [2.75, 3.05) is 24.8 Å². The minimum absolute atomic E-state index is 0.0428. The number of amides is 2. The van der Waals surface area contributed by atoms with Crippen molar-refractivity contribution in [3.63, 3.8) is 0 Å². The summed E-state index contributed by atoms with van der Waals surface area (Å²) < 4.78 is 0. The molecule has 2 amide bonds. The van der Waals surface area contributed by atoms with Gasteiger partial charge in [-0.2, -0.15) is 0 Å². The summed E-state index contributed by atoms with van der Waals surface area (Å²) >= 11 is 0. The molecule has 0 N–H and O–H groups in total. The fourth-order valence-corrected chi connectivity index (χ4v) is 10.5. The van der Waals surface area contributed by atoms with Gasteiger partial charge in [-0.15, -0.1) is 0 Å². The molecule has 1 aliphatic heterocycles. The van der Waals surface area contributed by atoms with Crippen molar-refractivity contribution in [2.24, 2.45) is 0 Å². The van der Waals surface area contributed by atoms with Crippen molar-refractivity contribution in [1.29, 1.82) is 0 Å². The van der Waals surface area contributed by atoms with E-state index < -0.39 is 7.26 Å². The molecule has 1 aromatic carbocycles. The van der Waals surface area contributed by atoms with Crippen LogP contribution < -0.4 is 0 Å². The van der Waals surface area contributed by atoms with Crippen LogP contribution in [0.1, 0.15) is 157 Å². The summed E-state index contributed by atoms with van der Waals surface area (Å²) in [5, 5.41) is 0.